The molecule has 0 spiro atoms. The number of carbonyl (C=O) groups is 2. The van der Waals surface area contributed by atoms with Crippen molar-refractivity contribution < 1.29 is 19.1 Å². The lowest BCUT2D eigenvalue weighted by molar-refractivity contribution is -0.124. The van der Waals surface area contributed by atoms with Gasteiger partial charge in [-0.25, -0.2) is 0 Å². The molecule has 0 unspecified atom stereocenters. The molecule has 2 N–H and O–H groups in total. The molecule has 0 atom stereocenters. The van der Waals surface area contributed by atoms with Crippen LogP contribution in [0.25, 0.3) is 0 Å². The van der Waals surface area contributed by atoms with E-state index in [0.29, 0.717) is 21.5 Å². The molecule has 0 aliphatic heterocycles. The minimum atomic E-state index is -0.328. The van der Waals surface area contributed by atoms with Crippen LogP contribution < -0.4 is 20.1 Å². The molecular formula is C18H16Br2Cl2N2O4. The zero-order valence-corrected chi connectivity index (χ0v) is 19.1. The van der Waals surface area contributed by atoms with Crippen LogP contribution >= 0.6 is 55.1 Å². The maximum atomic E-state index is 11.8. The second-order valence-electron chi connectivity index (χ2n) is 5.43. The molecule has 0 aliphatic carbocycles. The molecule has 150 valence electrons. The molecule has 0 bridgehead atoms. The van der Waals surface area contributed by atoms with Gasteiger partial charge in [-0.1, -0.05) is 55.1 Å². The Kier molecular flexibility index (Phi) is 9.37. The van der Waals surface area contributed by atoms with Crippen LogP contribution in [-0.4, -0.2) is 38.1 Å². The number of halogens is 4. The molecule has 2 amide bonds. The second kappa shape index (κ2) is 11.5. The summed E-state index contributed by atoms with van der Waals surface area (Å²) in [7, 11) is 0. The van der Waals surface area contributed by atoms with E-state index in [1.807, 2.05) is 0 Å². The van der Waals surface area contributed by atoms with Gasteiger partial charge in [0.15, 0.2) is 13.2 Å². The van der Waals surface area contributed by atoms with Crippen molar-refractivity contribution in [2.24, 2.45) is 0 Å². The van der Waals surface area contributed by atoms with Crippen molar-refractivity contribution in [3.63, 3.8) is 0 Å². The summed E-state index contributed by atoms with van der Waals surface area (Å²) in [4.78, 5) is 23.5. The molecule has 0 fully saturated rings. The Morgan fingerprint density at radius 2 is 1.18 bits per heavy atom. The lowest BCUT2D eigenvalue weighted by atomic mass is 10.3. The lowest BCUT2D eigenvalue weighted by Crippen LogP contribution is -2.38. The van der Waals surface area contributed by atoms with Crippen molar-refractivity contribution in [3.05, 3.63) is 55.4 Å². The molecule has 2 rings (SSSR count). The van der Waals surface area contributed by atoms with Gasteiger partial charge in [0, 0.05) is 22.0 Å². The molecule has 6 nitrogen and oxygen atoms in total. The SMILES string of the molecule is O=C(COc1ccc(Br)cc1Cl)NCCNC(=O)COc1ccc(Br)cc1Cl. The van der Waals surface area contributed by atoms with Gasteiger partial charge in [-0.15, -0.1) is 0 Å². The van der Waals surface area contributed by atoms with Gasteiger partial charge in [0.2, 0.25) is 0 Å². The topological polar surface area (TPSA) is 76.7 Å². The Labute approximate surface area is 189 Å². The van der Waals surface area contributed by atoms with Gasteiger partial charge in [0.25, 0.3) is 11.8 Å². The number of benzene rings is 2. The molecule has 0 heterocycles. The van der Waals surface area contributed by atoms with Gasteiger partial charge < -0.3 is 20.1 Å². The molecule has 2 aromatic rings. The average Bonchev–Trinajstić information content (AvgIpc) is 2.64. The Balaban J connectivity index is 1.61. The van der Waals surface area contributed by atoms with Crippen molar-refractivity contribution in [1.29, 1.82) is 0 Å². The Morgan fingerprint density at radius 3 is 1.54 bits per heavy atom. The fraction of sp³-hybridized carbons (Fsp3) is 0.222. The zero-order valence-electron chi connectivity index (χ0n) is 14.4. The first kappa shape index (κ1) is 22.8. The van der Waals surface area contributed by atoms with Crippen molar-refractivity contribution in [3.8, 4) is 11.5 Å². The first-order chi connectivity index (χ1) is 13.3. The van der Waals surface area contributed by atoms with E-state index >= 15 is 0 Å². The van der Waals surface area contributed by atoms with Gasteiger partial charge in [-0.05, 0) is 36.4 Å². The van der Waals surface area contributed by atoms with E-state index < -0.39 is 0 Å². The van der Waals surface area contributed by atoms with E-state index in [1.165, 1.54) is 0 Å². The summed E-state index contributed by atoms with van der Waals surface area (Å²) in [5, 5.41) is 6.07. The van der Waals surface area contributed by atoms with Crippen LogP contribution in [0.2, 0.25) is 10.0 Å². The van der Waals surface area contributed by atoms with Crippen LogP contribution in [0.15, 0.2) is 45.3 Å². The van der Waals surface area contributed by atoms with Crippen LogP contribution in [0.5, 0.6) is 11.5 Å². The number of amides is 2. The van der Waals surface area contributed by atoms with Crippen molar-refractivity contribution in [2.75, 3.05) is 26.3 Å². The van der Waals surface area contributed by atoms with Crippen molar-refractivity contribution in [2.45, 2.75) is 0 Å². The Morgan fingerprint density at radius 1 is 0.786 bits per heavy atom. The van der Waals surface area contributed by atoms with Crippen molar-refractivity contribution in [1.82, 2.24) is 10.6 Å². The second-order valence-corrected chi connectivity index (χ2v) is 8.07. The number of hydrogen-bond acceptors (Lipinski definition) is 4. The van der Waals surface area contributed by atoms with E-state index in [4.69, 9.17) is 32.7 Å². The number of rotatable bonds is 9. The van der Waals surface area contributed by atoms with Crippen molar-refractivity contribution >= 4 is 66.9 Å². The predicted octanol–water partition coefficient (Wildman–Crippen LogP) is 4.21. The predicted molar refractivity (Wildman–Crippen MR) is 115 cm³/mol. The summed E-state index contributed by atoms with van der Waals surface area (Å²) in [6.45, 7) is 0.142. The van der Waals surface area contributed by atoms with E-state index in [2.05, 4.69) is 42.5 Å². The smallest absolute Gasteiger partial charge is 0.258 e. The zero-order chi connectivity index (χ0) is 20.5. The third kappa shape index (κ3) is 7.87. The summed E-state index contributed by atoms with van der Waals surface area (Å²) < 4.78 is 12.3. The van der Waals surface area contributed by atoms with Crippen LogP contribution in [0.3, 0.4) is 0 Å². The van der Waals surface area contributed by atoms with E-state index in [1.54, 1.807) is 36.4 Å². The number of hydrogen-bond donors (Lipinski definition) is 2. The van der Waals surface area contributed by atoms with Gasteiger partial charge in [0.05, 0.1) is 10.0 Å². The van der Waals surface area contributed by atoms with Crippen LogP contribution in [0.1, 0.15) is 0 Å². The normalized spacial score (nSPS) is 10.3. The largest absolute Gasteiger partial charge is 0.482 e. The maximum Gasteiger partial charge on any atom is 0.258 e. The summed E-state index contributed by atoms with van der Waals surface area (Å²) >= 11 is 18.6. The van der Waals surface area contributed by atoms with Gasteiger partial charge in [-0.3, -0.25) is 9.59 Å². The maximum absolute atomic E-state index is 11.8. The fourth-order valence-electron chi connectivity index (χ4n) is 1.98. The highest BCUT2D eigenvalue weighted by atomic mass is 79.9. The van der Waals surface area contributed by atoms with Crippen LogP contribution in [0, 0.1) is 0 Å². The standard InChI is InChI=1S/C18H16Br2Cl2N2O4/c19-11-1-3-15(13(21)7-11)27-9-17(25)23-5-6-24-18(26)10-28-16-4-2-12(20)8-14(16)22/h1-4,7-8H,5-6,9-10H2,(H,23,25)(H,24,26). The molecule has 0 saturated heterocycles. The summed E-state index contributed by atoms with van der Waals surface area (Å²) in [5.74, 6) is 0.173. The number of nitrogens with one attached hydrogen (secondary N) is 2. The highest BCUT2D eigenvalue weighted by molar-refractivity contribution is 9.10. The first-order valence-corrected chi connectivity index (χ1v) is 10.4. The molecule has 28 heavy (non-hydrogen) atoms. The number of carbonyl (C=O) groups excluding carboxylic acids is 2. The molecule has 2 aromatic carbocycles. The molecule has 0 radical (unpaired) electrons. The molecule has 0 saturated carbocycles. The minimum absolute atomic E-state index is 0.180. The van der Waals surface area contributed by atoms with Crippen LogP contribution in [0.4, 0.5) is 0 Å². The van der Waals surface area contributed by atoms with E-state index in [0.717, 1.165) is 8.95 Å². The lowest BCUT2D eigenvalue weighted by Gasteiger charge is -2.10. The Bertz CT molecular complexity index is 783. The molecular weight excluding hydrogens is 539 g/mol. The fourth-order valence-corrected chi connectivity index (χ4v) is 3.43. The van der Waals surface area contributed by atoms with Crippen LogP contribution in [-0.2, 0) is 9.59 Å². The molecule has 10 heteroatoms. The highest BCUT2D eigenvalue weighted by Crippen LogP contribution is 2.28. The van der Waals surface area contributed by atoms with E-state index in [-0.39, 0.29) is 38.1 Å². The monoisotopic (exact) mass is 552 g/mol. The Hall–Kier alpha value is -1.48. The van der Waals surface area contributed by atoms with Gasteiger partial charge in [-0.2, -0.15) is 0 Å². The van der Waals surface area contributed by atoms with Gasteiger partial charge in [0.1, 0.15) is 11.5 Å². The highest BCUT2D eigenvalue weighted by Gasteiger charge is 2.08. The molecule has 0 aromatic heterocycles. The van der Waals surface area contributed by atoms with Gasteiger partial charge >= 0.3 is 0 Å². The van der Waals surface area contributed by atoms with E-state index in [9.17, 15) is 9.59 Å². The number of ether oxygens (including phenoxy) is 2. The minimum Gasteiger partial charge on any atom is -0.482 e. The summed E-state index contributed by atoms with van der Waals surface area (Å²) in [6, 6.07) is 10.2. The average molecular weight is 555 g/mol. The molecule has 0 aliphatic rings. The summed E-state index contributed by atoms with van der Waals surface area (Å²) in [6.07, 6.45) is 0. The quantitative estimate of drug-likeness (QED) is 0.455. The third-order valence-corrected chi connectivity index (χ3v) is 4.85. The first-order valence-electron chi connectivity index (χ1n) is 8.04. The third-order valence-electron chi connectivity index (χ3n) is 3.27. The summed E-state index contributed by atoms with van der Waals surface area (Å²) in [5.41, 5.74) is 0.